The smallest absolute Gasteiger partial charge is 0.226 e. The number of furan rings is 1. The van der Waals surface area contributed by atoms with E-state index >= 15 is 0 Å². The number of nitrogens with zero attached hydrogens (tertiary/aromatic N) is 1. The van der Waals surface area contributed by atoms with E-state index in [1.54, 1.807) is 12.5 Å². The first-order valence-electron chi connectivity index (χ1n) is 8.19. The zero-order chi connectivity index (χ0) is 16.9. The number of carbonyl (C=O) groups is 2. The van der Waals surface area contributed by atoms with Gasteiger partial charge < -0.3 is 15.5 Å². The quantitative estimate of drug-likeness (QED) is 0.812. The molecule has 2 aromatic rings. The number of primary amides is 1. The van der Waals surface area contributed by atoms with Gasteiger partial charge in [0.05, 0.1) is 24.3 Å². The van der Waals surface area contributed by atoms with E-state index in [1.807, 2.05) is 11.4 Å². The molecule has 1 fully saturated rings. The maximum absolute atomic E-state index is 12.3. The van der Waals surface area contributed by atoms with E-state index in [0.717, 1.165) is 48.4 Å². The van der Waals surface area contributed by atoms with Gasteiger partial charge in [0.15, 0.2) is 0 Å². The number of hydrogen-bond acceptors (Lipinski definition) is 5. The molecule has 128 valence electrons. The third-order valence-corrected chi connectivity index (χ3v) is 5.33. The van der Waals surface area contributed by atoms with Crippen LogP contribution in [0.3, 0.4) is 0 Å². The largest absolute Gasteiger partial charge is 0.472 e. The summed E-state index contributed by atoms with van der Waals surface area (Å²) in [5.41, 5.74) is 7.13. The van der Waals surface area contributed by atoms with Crippen molar-refractivity contribution in [3.8, 4) is 10.6 Å². The maximum atomic E-state index is 12.3. The van der Waals surface area contributed by atoms with Gasteiger partial charge in [0.2, 0.25) is 11.8 Å². The second kappa shape index (κ2) is 7.61. The Kier molecular flexibility index (Phi) is 5.30. The average Bonchev–Trinajstić information content (AvgIpc) is 3.16. The minimum atomic E-state index is -0.321. The molecule has 3 rings (SSSR count). The molecule has 0 saturated heterocycles. The molecule has 2 heterocycles. The van der Waals surface area contributed by atoms with Crippen molar-refractivity contribution in [2.45, 2.75) is 44.6 Å². The predicted molar refractivity (Wildman–Crippen MR) is 91.2 cm³/mol. The number of nitrogens with one attached hydrogen (secondary N) is 1. The number of rotatable bonds is 5. The summed E-state index contributed by atoms with van der Waals surface area (Å²) < 4.78 is 5.05. The number of amides is 2. The van der Waals surface area contributed by atoms with Crippen LogP contribution in [0.1, 0.15) is 37.8 Å². The van der Waals surface area contributed by atoms with Crippen molar-refractivity contribution < 1.29 is 14.0 Å². The van der Waals surface area contributed by atoms with Crippen molar-refractivity contribution >= 4 is 23.2 Å². The minimum absolute atomic E-state index is 0.114. The van der Waals surface area contributed by atoms with Crippen molar-refractivity contribution in [3.05, 3.63) is 29.7 Å². The molecule has 3 N–H and O–H groups in total. The highest BCUT2D eigenvalue weighted by atomic mass is 32.1. The Bertz CT molecular complexity index is 696. The van der Waals surface area contributed by atoms with Gasteiger partial charge in [-0.2, -0.15) is 0 Å². The fourth-order valence-electron chi connectivity index (χ4n) is 3.15. The number of hydrogen-bond donors (Lipinski definition) is 2. The highest BCUT2D eigenvalue weighted by Gasteiger charge is 2.29. The molecule has 2 aromatic heterocycles. The molecule has 24 heavy (non-hydrogen) atoms. The van der Waals surface area contributed by atoms with Crippen LogP contribution in [0.2, 0.25) is 0 Å². The normalized spacial score (nSPS) is 21.2. The van der Waals surface area contributed by atoms with E-state index in [9.17, 15) is 9.59 Å². The van der Waals surface area contributed by atoms with Crippen molar-refractivity contribution in [3.63, 3.8) is 0 Å². The molecule has 0 spiro atoms. The van der Waals surface area contributed by atoms with E-state index < -0.39 is 0 Å². The van der Waals surface area contributed by atoms with Gasteiger partial charge in [-0.15, -0.1) is 11.3 Å². The SMILES string of the molecule is NC(=O)C1CCCCCC1NC(=O)Cc1csc(-c2ccoc2)n1. The molecule has 1 aliphatic rings. The molecule has 2 atom stereocenters. The number of carbonyl (C=O) groups excluding carboxylic acids is 2. The summed E-state index contributed by atoms with van der Waals surface area (Å²) in [6.45, 7) is 0. The molecule has 7 heteroatoms. The highest BCUT2D eigenvalue weighted by molar-refractivity contribution is 7.13. The van der Waals surface area contributed by atoms with Gasteiger partial charge in [0.1, 0.15) is 11.3 Å². The second-order valence-corrected chi connectivity index (χ2v) is 7.01. The molecular weight excluding hydrogens is 326 g/mol. The highest BCUT2D eigenvalue weighted by Crippen LogP contribution is 2.25. The van der Waals surface area contributed by atoms with Crippen molar-refractivity contribution in [2.24, 2.45) is 11.7 Å². The maximum Gasteiger partial charge on any atom is 0.226 e. The molecule has 0 radical (unpaired) electrons. The zero-order valence-corrected chi connectivity index (χ0v) is 14.2. The molecule has 0 bridgehead atoms. The van der Waals surface area contributed by atoms with Crippen LogP contribution in [0.5, 0.6) is 0 Å². The third kappa shape index (κ3) is 4.03. The Labute approximate surface area is 144 Å². The van der Waals surface area contributed by atoms with E-state index in [-0.39, 0.29) is 30.2 Å². The lowest BCUT2D eigenvalue weighted by atomic mass is 9.94. The average molecular weight is 347 g/mol. The Morgan fingerprint density at radius 2 is 2.17 bits per heavy atom. The van der Waals surface area contributed by atoms with Gasteiger partial charge in [0, 0.05) is 17.0 Å². The summed E-state index contributed by atoms with van der Waals surface area (Å²) in [6, 6.07) is 1.68. The third-order valence-electron chi connectivity index (χ3n) is 4.39. The Morgan fingerprint density at radius 1 is 1.33 bits per heavy atom. The topological polar surface area (TPSA) is 98.2 Å². The zero-order valence-electron chi connectivity index (χ0n) is 13.4. The predicted octanol–water partition coefficient (Wildman–Crippen LogP) is 2.50. The first-order valence-corrected chi connectivity index (χ1v) is 9.07. The molecule has 2 unspecified atom stereocenters. The molecular formula is C17H21N3O3S. The van der Waals surface area contributed by atoms with Gasteiger partial charge in [0.25, 0.3) is 0 Å². The Balaban J connectivity index is 1.61. The summed E-state index contributed by atoms with van der Waals surface area (Å²) in [5.74, 6) is -0.705. The first-order chi connectivity index (χ1) is 11.6. The van der Waals surface area contributed by atoms with Crippen LogP contribution in [0, 0.1) is 5.92 Å². The lowest BCUT2D eigenvalue weighted by Gasteiger charge is -2.23. The van der Waals surface area contributed by atoms with Crippen LogP contribution >= 0.6 is 11.3 Å². The fraction of sp³-hybridized carbons (Fsp3) is 0.471. The van der Waals surface area contributed by atoms with E-state index in [2.05, 4.69) is 10.3 Å². The van der Waals surface area contributed by atoms with E-state index in [0.29, 0.717) is 0 Å². The van der Waals surface area contributed by atoms with Crippen LogP contribution in [0.15, 0.2) is 28.4 Å². The monoisotopic (exact) mass is 347 g/mol. The summed E-state index contributed by atoms with van der Waals surface area (Å²) >= 11 is 1.48. The Hall–Kier alpha value is -2.15. The summed E-state index contributed by atoms with van der Waals surface area (Å²) in [5, 5.41) is 5.69. The standard InChI is InChI=1S/C17H21N3O3S/c18-16(22)13-4-2-1-3-5-14(13)20-15(21)8-12-10-24-17(19-12)11-6-7-23-9-11/h6-7,9-10,13-14H,1-5,8H2,(H2,18,22)(H,20,21). The summed E-state index contributed by atoms with van der Waals surface area (Å²) in [6.07, 6.45) is 8.06. The molecule has 1 aliphatic carbocycles. The number of nitrogens with two attached hydrogens (primary N) is 1. The van der Waals surface area contributed by atoms with Crippen LogP contribution in [-0.4, -0.2) is 22.8 Å². The van der Waals surface area contributed by atoms with Crippen molar-refractivity contribution in [1.82, 2.24) is 10.3 Å². The van der Waals surface area contributed by atoms with Gasteiger partial charge in [-0.3, -0.25) is 9.59 Å². The molecule has 2 amide bonds. The second-order valence-electron chi connectivity index (χ2n) is 6.15. The molecule has 0 aliphatic heterocycles. The van der Waals surface area contributed by atoms with Crippen molar-refractivity contribution in [1.29, 1.82) is 0 Å². The Morgan fingerprint density at radius 3 is 2.92 bits per heavy atom. The van der Waals surface area contributed by atoms with Crippen molar-refractivity contribution in [2.75, 3.05) is 0 Å². The molecule has 1 saturated carbocycles. The lowest BCUT2D eigenvalue weighted by molar-refractivity contribution is -0.125. The number of thiazole rings is 1. The summed E-state index contributed by atoms with van der Waals surface area (Å²) in [7, 11) is 0. The first kappa shape index (κ1) is 16.7. The minimum Gasteiger partial charge on any atom is -0.472 e. The fourth-order valence-corrected chi connectivity index (χ4v) is 3.96. The van der Waals surface area contributed by atoms with Crippen LogP contribution in [0.4, 0.5) is 0 Å². The van der Waals surface area contributed by atoms with Crippen LogP contribution < -0.4 is 11.1 Å². The molecule has 0 aromatic carbocycles. The number of aromatic nitrogens is 1. The van der Waals surface area contributed by atoms with Gasteiger partial charge in [-0.05, 0) is 18.9 Å². The lowest BCUT2D eigenvalue weighted by Crippen LogP contribution is -2.45. The van der Waals surface area contributed by atoms with Crippen LogP contribution in [0.25, 0.3) is 10.6 Å². The molecule has 6 nitrogen and oxygen atoms in total. The van der Waals surface area contributed by atoms with E-state index in [1.165, 1.54) is 11.3 Å². The van der Waals surface area contributed by atoms with Gasteiger partial charge >= 0.3 is 0 Å². The summed E-state index contributed by atoms with van der Waals surface area (Å²) in [4.78, 5) is 28.4. The van der Waals surface area contributed by atoms with Gasteiger partial charge in [-0.25, -0.2) is 4.98 Å². The van der Waals surface area contributed by atoms with Crippen LogP contribution in [-0.2, 0) is 16.0 Å². The van der Waals surface area contributed by atoms with Gasteiger partial charge in [-0.1, -0.05) is 19.3 Å². The van der Waals surface area contributed by atoms with E-state index in [4.69, 9.17) is 10.2 Å².